The highest BCUT2D eigenvalue weighted by atomic mass is 15.2. The second kappa shape index (κ2) is 6.19. The number of hydrogen-bond acceptors (Lipinski definition) is 4. The monoisotopic (exact) mass is 276 g/mol. The molecule has 0 spiro atoms. The van der Waals surface area contributed by atoms with Crippen molar-refractivity contribution < 1.29 is 0 Å². The molecule has 2 rings (SSSR count). The van der Waals surface area contributed by atoms with Gasteiger partial charge in [-0.3, -0.25) is 9.58 Å². The maximum atomic E-state index is 5.99. The van der Waals surface area contributed by atoms with Gasteiger partial charge >= 0.3 is 0 Å². The van der Waals surface area contributed by atoms with Crippen molar-refractivity contribution >= 4 is 0 Å². The van der Waals surface area contributed by atoms with Gasteiger partial charge in [0.1, 0.15) is 0 Å². The van der Waals surface area contributed by atoms with Crippen LogP contribution in [-0.2, 0) is 13.6 Å². The minimum absolute atomic E-state index is 0.153. The quantitative estimate of drug-likeness (QED) is 0.864. The maximum absolute atomic E-state index is 5.99. The van der Waals surface area contributed by atoms with E-state index < -0.39 is 0 Å². The molecule has 0 fully saturated rings. The fraction of sp³-hybridized carbons (Fsp3) is 0.571. The van der Waals surface area contributed by atoms with Gasteiger partial charge in [0.05, 0.1) is 24.3 Å². The largest absolute Gasteiger partial charge is 0.331 e. The fourth-order valence-electron chi connectivity index (χ4n) is 2.48. The summed E-state index contributed by atoms with van der Waals surface area (Å²) in [5, 5.41) is 4.20. The van der Waals surface area contributed by atoms with Crippen molar-refractivity contribution in [2.24, 2.45) is 12.8 Å². The van der Waals surface area contributed by atoms with E-state index in [1.807, 2.05) is 36.6 Å². The molecule has 6 heteroatoms. The molecule has 2 aromatic rings. The zero-order valence-electron chi connectivity index (χ0n) is 12.7. The predicted octanol–water partition coefficient (Wildman–Crippen LogP) is 1.33. The Morgan fingerprint density at radius 3 is 2.65 bits per heavy atom. The minimum Gasteiger partial charge on any atom is -0.331 e. The van der Waals surface area contributed by atoms with E-state index in [-0.39, 0.29) is 6.04 Å². The van der Waals surface area contributed by atoms with E-state index in [0.29, 0.717) is 12.6 Å². The van der Waals surface area contributed by atoms with E-state index in [1.165, 1.54) is 5.56 Å². The number of nitrogens with two attached hydrogens (primary N) is 1. The highest BCUT2D eigenvalue weighted by Crippen LogP contribution is 2.22. The Labute approximate surface area is 120 Å². The van der Waals surface area contributed by atoms with Gasteiger partial charge in [-0.25, -0.2) is 4.98 Å². The number of imidazole rings is 1. The third-order valence-electron chi connectivity index (χ3n) is 3.54. The highest BCUT2D eigenvalue weighted by Gasteiger charge is 2.20. The van der Waals surface area contributed by atoms with Gasteiger partial charge in [-0.1, -0.05) is 0 Å². The standard InChI is InChI=1S/C14H24N6/c1-11(2)20-10-16-7-14(20)13(5-15)18(3)8-12-6-17-19(4)9-12/h6-7,9-11,13H,5,8,15H2,1-4H3. The molecule has 6 nitrogen and oxygen atoms in total. The second-order valence-corrected chi connectivity index (χ2v) is 5.51. The van der Waals surface area contributed by atoms with E-state index >= 15 is 0 Å². The summed E-state index contributed by atoms with van der Waals surface area (Å²) in [5.41, 5.74) is 8.33. The summed E-state index contributed by atoms with van der Waals surface area (Å²) in [6.07, 6.45) is 7.71. The van der Waals surface area contributed by atoms with Crippen LogP contribution in [0.4, 0.5) is 0 Å². The number of nitrogens with zero attached hydrogens (tertiary/aromatic N) is 5. The summed E-state index contributed by atoms with van der Waals surface area (Å²) in [7, 11) is 4.01. The highest BCUT2D eigenvalue weighted by molar-refractivity contribution is 5.10. The molecule has 1 atom stereocenters. The zero-order chi connectivity index (χ0) is 14.7. The van der Waals surface area contributed by atoms with Crippen LogP contribution in [0.2, 0.25) is 0 Å². The smallest absolute Gasteiger partial charge is 0.0951 e. The average molecular weight is 276 g/mol. The lowest BCUT2D eigenvalue weighted by Gasteiger charge is -2.28. The van der Waals surface area contributed by atoms with Gasteiger partial charge in [-0.05, 0) is 20.9 Å². The molecule has 20 heavy (non-hydrogen) atoms. The van der Waals surface area contributed by atoms with Crippen molar-refractivity contribution in [2.45, 2.75) is 32.5 Å². The molecular weight excluding hydrogens is 252 g/mol. The number of likely N-dealkylation sites (N-methyl/N-ethyl adjacent to an activating group) is 1. The van der Waals surface area contributed by atoms with E-state index in [1.54, 1.807) is 0 Å². The van der Waals surface area contributed by atoms with Crippen LogP contribution in [0, 0.1) is 0 Å². The van der Waals surface area contributed by atoms with Crippen LogP contribution in [0.15, 0.2) is 24.9 Å². The average Bonchev–Trinajstić information content (AvgIpc) is 3.00. The van der Waals surface area contributed by atoms with Gasteiger partial charge in [-0.15, -0.1) is 0 Å². The van der Waals surface area contributed by atoms with Crippen molar-refractivity contribution in [3.63, 3.8) is 0 Å². The molecule has 2 aromatic heterocycles. The first-order chi connectivity index (χ1) is 9.52. The summed E-state index contributed by atoms with van der Waals surface area (Å²) < 4.78 is 4.00. The third kappa shape index (κ3) is 3.08. The van der Waals surface area contributed by atoms with Crippen LogP contribution in [0.1, 0.15) is 37.2 Å². The van der Waals surface area contributed by atoms with Crippen molar-refractivity contribution in [1.29, 1.82) is 0 Å². The summed E-state index contributed by atoms with van der Waals surface area (Å²) in [4.78, 5) is 6.51. The summed E-state index contributed by atoms with van der Waals surface area (Å²) in [5.74, 6) is 0. The topological polar surface area (TPSA) is 64.9 Å². The van der Waals surface area contributed by atoms with Crippen LogP contribution in [0.3, 0.4) is 0 Å². The molecule has 0 aromatic carbocycles. The maximum Gasteiger partial charge on any atom is 0.0951 e. The Kier molecular flexibility index (Phi) is 4.57. The Hall–Kier alpha value is -1.66. The molecule has 2 N–H and O–H groups in total. The van der Waals surface area contributed by atoms with Gasteiger partial charge in [-0.2, -0.15) is 5.10 Å². The van der Waals surface area contributed by atoms with E-state index in [0.717, 1.165) is 12.2 Å². The Balaban J connectivity index is 2.16. The molecule has 0 saturated carbocycles. The summed E-state index contributed by atoms with van der Waals surface area (Å²) in [6.45, 7) is 5.69. The van der Waals surface area contributed by atoms with Gasteiger partial charge in [0.2, 0.25) is 0 Å². The first kappa shape index (κ1) is 14.7. The third-order valence-corrected chi connectivity index (χ3v) is 3.54. The molecule has 0 bridgehead atoms. The van der Waals surface area contributed by atoms with Gasteiger partial charge in [0.15, 0.2) is 0 Å². The first-order valence-corrected chi connectivity index (χ1v) is 6.92. The zero-order valence-corrected chi connectivity index (χ0v) is 12.7. The fourth-order valence-corrected chi connectivity index (χ4v) is 2.48. The Morgan fingerprint density at radius 1 is 1.35 bits per heavy atom. The second-order valence-electron chi connectivity index (χ2n) is 5.51. The van der Waals surface area contributed by atoms with Crippen LogP contribution in [-0.4, -0.2) is 37.8 Å². The summed E-state index contributed by atoms with van der Waals surface area (Å²) >= 11 is 0. The van der Waals surface area contributed by atoms with Gasteiger partial charge < -0.3 is 10.3 Å². The lowest BCUT2D eigenvalue weighted by Crippen LogP contribution is -2.32. The van der Waals surface area contributed by atoms with E-state index in [9.17, 15) is 0 Å². The molecule has 0 aliphatic rings. The molecule has 1 unspecified atom stereocenters. The molecular formula is C14H24N6. The Bertz CT molecular complexity index is 541. The van der Waals surface area contributed by atoms with Crippen molar-refractivity contribution in [2.75, 3.05) is 13.6 Å². The molecule has 0 aliphatic carbocycles. The van der Waals surface area contributed by atoms with Gasteiger partial charge in [0.25, 0.3) is 0 Å². The van der Waals surface area contributed by atoms with Crippen LogP contribution in [0.5, 0.6) is 0 Å². The number of aryl methyl sites for hydroxylation is 1. The molecule has 110 valence electrons. The van der Waals surface area contributed by atoms with Gasteiger partial charge in [0, 0.05) is 44.1 Å². The van der Waals surface area contributed by atoms with E-state index in [4.69, 9.17) is 5.73 Å². The molecule has 0 saturated heterocycles. The summed E-state index contributed by atoms with van der Waals surface area (Å²) in [6, 6.07) is 0.536. The number of hydrogen-bond donors (Lipinski definition) is 1. The predicted molar refractivity (Wildman–Crippen MR) is 79.1 cm³/mol. The van der Waals surface area contributed by atoms with E-state index in [2.05, 4.69) is 40.4 Å². The lowest BCUT2D eigenvalue weighted by atomic mass is 10.1. The van der Waals surface area contributed by atoms with Crippen LogP contribution in [0.25, 0.3) is 0 Å². The molecule has 0 radical (unpaired) electrons. The molecule has 2 heterocycles. The van der Waals surface area contributed by atoms with Crippen LogP contribution >= 0.6 is 0 Å². The lowest BCUT2D eigenvalue weighted by molar-refractivity contribution is 0.230. The number of aromatic nitrogens is 4. The number of rotatable bonds is 6. The molecule has 0 amide bonds. The van der Waals surface area contributed by atoms with Crippen molar-refractivity contribution in [1.82, 2.24) is 24.2 Å². The van der Waals surface area contributed by atoms with Crippen molar-refractivity contribution in [3.05, 3.63) is 36.2 Å². The minimum atomic E-state index is 0.153. The first-order valence-electron chi connectivity index (χ1n) is 6.92. The van der Waals surface area contributed by atoms with Crippen molar-refractivity contribution in [3.8, 4) is 0 Å². The van der Waals surface area contributed by atoms with Crippen LogP contribution < -0.4 is 5.73 Å². The normalized spacial score (nSPS) is 13.3. The Morgan fingerprint density at radius 2 is 2.10 bits per heavy atom. The molecule has 0 aliphatic heterocycles. The SMILES string of the molecule is CC(C)n1cncc1C(CN)N(C)Cc1cnn(C)c1.